The summed E-state index contributed by atoms with van der Waals surface area (Å²) in [4.78, 5) is 0. The Morgan fingerprint density at radius 3 is 1.40 bits per heavy atom. The maximum Gasteiger partial charge on any atom is 0.168 e. The lowest BCUT2D eigenvalue weighted by Crippen LogP contribution is -2.14. The first-order valence-electron chi connectivity index (χ1n) is 10.7. The van der Waals surface area contributed by atoms with Crippen LogP contribution in [0.15, 0.2) is 71.2 Å². The highest BCUT2D eigenvalue weighted by atomic mass is 35.5. The number of benzene rings is 2. The van der Waals surface area contributed by atoms with Gasteiger partial charge in [0.2, 0.25) is 0 Å². The zero-order valence-electron chi connectivity index (χ0n) is 18.8. The molecule has 35 heavy (non-hydrogen) atoms. The number of hydrogen-bond donors (Lipinski definition) is 1. The fourth-order valence-corrected chi connectivity index (χ4v) is 4.38. The summed E-state index contributed by atoms with van der Waals surface area (Å²) in [6, 6.07) is 21.8. The standard InChI is InChI=1S/C14H11ClN2O.C13H9ClN2O/c1-18-13(10(8-16)9-17)14(6-7-14)11-2-4-12(15)5-3-11;14-11-3-1-10(2-4-11)13(5-6-13)12(17)9(7-15)8-16/h2-5H,6-7H2,1H3;1-4,17H,5-6H2. The number of methoxy groups -OCH3 is 1. The van der Waals surface area contributed by atoms with Crippen LogP contribution in [0, 0.1) is 45.3 Å². The lowest BCUT2D eigenvalue weighted by atomic mass is 9.91. The number of aliphatic hydroxyl groups is 1. The van der Waals surface area contributed by atoms with Crippen molar-refractivity contribution in [3.05, 3.63) is 92.4 Å². The number of halogens is 2. The molecule has 2 saturated carbocycles. The molecule has 0 saturated heterocycles. The molecule has 2 aromatic rings. The van der Waals surface area contributed by atoms with Gasteiger partial charge in [-0.3, -0.25) is 0 Å². The number of ether oxygens (including phenoxy) is 1. The average Bonchev–Trinajstić information content (AvgIpc) is 3.80. The van der Waals surface area contributed by atoms with E-state index in [1.807, 2.05) is 48.5 Å². The van der Waals surface area contributed by atoms with Crippen LogP contribution in [0.2, 0.25) is 10.0 Å². The van der Waals surface area contributed by atoms with Crippen LogP contribution in [-0.2, 0) is 15.6 Å². The lowest BCUT2D eigenvalue weighted by Gasteiger charge is -2.18. The zero-order valence-corrected chi connectivity index (χ0v) is 20.4. The number of nitrogens with zero attached hydrogens (tertiary/aromatic N) is 4. The predicted molar refractivity (Wildman–Crippen MR) is 131 cm³/mol. The molecule has 2 fully saturated rings. The van der Waals surface area contributed by atoms with Crippen molar-refractivity contribution in [2.75, 3.05) is 7.11 Å². The largest absolute Gasteiger partial charge is 0.509 e. The molecule has 0 bridgehead atoms. The van der Waals surface area contributed by atoms with Gasteiger partial charge in [-0.25, -0.2) is 0 Å². The average molecular weight is 503 g/mol. The molecule has 0 amide bonds. The minimum atomic E-state index is -0.550. The first-order valence-corrected chi connectivity index (χ1v) is 11.4. The summed E-state index contributed by atoms with van der Waals surface area (Å²) >= 11 is 11.7. The first kappa shape index (κ1) is 25.7. The number of aliphatic hydroxyl groups excluding tert-OH is 1. The summed E-state index contributed by atoms with van der Waals surface area (Å²) in [6.45, 7) is 0. The number of allylic oxidation sites excluding steroid dienone is 4. The van der Waals surface area contributed by atoms with Crippen LogP contribution in [0.3, 0.4) is 0 Å². The van der Waals surface area contributed by atoms with E-state index in [-0.39, 0.29) is 22.3 Å². The van der Waals surface area contributed by atoms with Gasteiger partial charge < -0.3 is 9.84 Å². The molecule has 4 rings (SSSR count). The van der Waals surface area contributed by atoms with E-state index in [1.165, 1.54) is 7.11 Å². The zero-order chi connectivity index (χ0) is 25.6. The fraction of sp³-hybridized carbons (Fsp3) is 0.259. The fourth-order valence-electron chi connectivity index (χ4n) is 4.13. The van der Waals surface area contributed by atoms with Crippen molar-refractivity contribution in [3.8, 4) is 24.3 Å². The van der Waals surface area contributed by atoms with Gasteiger partial charge in [0.1, 0.15) is 35.8 Å². The Bertz CT molecular complexity index is 1310. The molecule has 0 spiro atoms. The van der Waals surface area contributed by atoms with Crippen LogP contribution in [0.5, 0.6) is 0 Å². The van der Waals surface area contributed by atoms with Crippen molar-refractivity contribution >= 4 is 23.2 Å². The Morgan fingerprint density at radius 1 is 0.714 bits per heavy atom. The minimum absolute atomic E-state index is 0.0463. The molecule has 0 radical (unpaired) electrons. The van der Waals surface area contributed by atoms with Crippen LogP contribution >= 0.6 is 23.2 Å². The maximum absolute atomic E-state index is 10.0. The van der Waals surface area contributed by atoms with E-state index in [4.69, 9.17) is 49.0 Å². The van der Waals surface area contributed by atoms with Crippen LogP contribution in [0.25, 0.3) is 0 Å². The van der Waals surface area contributed by atoms with Crippen LogP contribution in [0.1, 0.15) is 36.8 Å². The Hall–Kier alpha value is -3.94. The smallest absolute Gasteiger partial charge is 0.168 e. The van der Waals surface area contributed by atoms with E-state index in [9.17, 15) is 5.11 Å². The van der Waals surface area contributed by atoms with Gasteiger partial charge in [-0.15, -0.1) is 0 Å². The molecule has 174 valence electrons. The second kappa shape index (κ2) is 10.5. The molecular weight excluding hydrogens is 483 g/mol. The first-order chi connectivity index (χ1) is 16.8. The molecule has 0 unspecified atom stereocenters. The van der Waals surface area contributed by atoms with Gasteiger partial charge in [-0.05, 0) is 61.1 Å². The molecular formula is C27H20Cl2N4O2. The summed E-state index contributed by atoms with van der Waals surface area (Å²) in [5, 5.41) is 46.8. The van der Waals surface area contributed by atoms with Crippen molar-refractivity contribution in [2.24, 2.45) is 0 Å². The summed E-state index contributed by atoms with van der Waals surface area (Å²) in [5.41, 5.74) is 0.891. The maximum atomic E-state index is 10.0. The summed E-state index contributed by atoms with van der Waals surface area (Å²) < 4.78 is 5.31. The molecule has 0 aromatic heterocycles. The van der Waals surface area contributed by atoms with Gasteiger partial charge in [0.25, 0.3) is 0 Å². The molecule has 1 N–H and O–H groups in total. The molecule has 0 atom stereocenters. The van der Waals surface area contributed by atoms with E-state index in [1.54, 1.807) is 24.3 Å². The molecule has 0 aliphatic heterocycles. The van der Waals surface area contributed by atoms with Crippen LogP contribution < -0.4 is 0 Å². The second-order valence-corrected chi connectivity index (χ2v) is 9.13. The van der Waals surface area contributed by atoms with Gasteiger partial charge >= 0.3 is 0 Å². The van der Waals surface area contributed by atoms with E-state index < -0.39 is 5.41 Å². The van der Waals surface area contributed by atoms with Gasteiger partial charge in [-0.2, -0.15) is 21.0 Å². The number of nitriles is 4. The molecule has 8 heteroatoms. The lowest BCUT2D eigenvalue weighted by molar-refractivity contribution is 0.256. The second-order valence-electron chi connectivity index (χ2n) is 8.26. The SMILES string of the molecule is COC(=C(C#N)C#N)C1(c2ccc(Cl)cc2)CC1.N#CC(C#N)=C(O)C1(c2ccc(Cl)cc2)CC1. The quantitative estimate of drug-likeness (QED) is 0.364. The van der Waals surface area contributed by atoms with Gasteiger partial charge in [0, 0.05) is 10.0 Å². The van der Waals surface area contributed by atoms with E-state index in [0.29, 0.717) is 15.8 Å². The third-order valence-electron chi connectivity index (χ3n) is 6.30. The van der Waals surface area contributed by atoms with Gasteiger partial charge in [0.15, 0.2) is 11.1 Å². The van der Waals surface area contributed by atoms with E-state index >= 15 is 0 Å². The minimum Gasteiger partial charge on any atom is -0.509 e. The molecule has 0 heterocycles. The predicted octanol–water partition coefficient (Wildman–Crippen LogP) is 6.55. The van der Waals surface area contributed by atoms with Crippen molar-refractivity contribution in [1.82, 2.24) is 0 Å². The topological polar surface area (TPSA) is 125 Å². The Morgan fingerprint density at radius 2 is 1.09 bits per heavy atom. The van der Waals surface area contributed by atoms with Gasteiger partial charge in [0.05, 0.1) is 17.9 Å². The molecule has 2 aliphatic carbocycles. The highest BCUT2D eigenvalue weighted by molar-refractivity contribution is 6.30. The molecule has 2 aromatic carbocycles. The van der Waals surface area contributed by atoms with Crippen molar-refractivity contribution in [1.29, 1.82) is 21.0 Å². The normalized spacial score (nSPS) is 15.3. The van der Waals surface area contributed by atoms with Crippen molar-refractivity contribution in [3.63, 3.8) is 0 Å². The highest BCUT2D eigenvalue weighted by Crippen LogP contribution is 2.55. The van der Waals surface area contributed by atoms with Crippen LogP contribution in [0.4, 0.5) is 0 Å². The van der Waals surface area contributed by atoms with Crippen molar-refractivity contribution < 1.29 is 9.84 Å². The monoisotopic (exact) mass is 502 g/mol. The summed E-state index contributed by atoms with van der Waals surface area (Å²) in [5.74, 6) is 0.347. The Balaban J connectivity index is 0.000000196. The summed E-state index contributed by atoms with van der Waals surface area (Å²) in [6.07, 6.45) is 3.25. The van der Waals surface area contributed by atoms with E-state index in [0.717, 1.165) is 36.8 Å². The molecule has 6 nitrogen and oxygen atoms in total. The number of rotatable bonds is 5. The van der Waals surface area contributed by atoms with Crippen LogP contribution in [-0.4, -0.2) is 12.2 Å². The highest BCUT2D eigenvalue weighted by Gasteiger charge is 2.51. The number of hydrogen-bond acceptors (Lipinski definition) is 6. The third kappa shape index (κ3) is 5.11. The van der Waals surface area contributed by atoms with E-state index in [2.05, 4.69) is 0 Å². The van der Waals surface area contributed by atoms with Crippen molar-refractivity contribution in [2.45, 2.75) is 36.5 Å². The molecule has 2 aliphatic rings. The third-order valence-corrected chi connectivity index (χ3v) is 6.80. The summed E-state index contributed by atoms with van der Waals surface area (Å²) in [7, 11) is 1.50. The Labute approximate surface area is 214 Å². The van der Waals surface area contributed by atoms with Gasteiger partial charge in [-0.1, -0.05) is 47.5 Å². The Kier molecular flexibility index (Phi) is 7.74.